The first kappa shape index (κ1) is 16.9. The van der Waals surface area contributed by atoms with Crippen LogP contribution in [0.3, 0.4) is 0 Å². The Bertz CT molecular complexity index is 651. The Morgan fingerprint density at radius 3 is 2.67 bits per heavy atom. The van der Waals surface area contributed by atoms with Gasteiger partial charge in [0.25, 0.3) is 0 Å². The van der Waals surface area contributed by atoms with Gasteiger partial charge in [-0.3, -0.25) is 4.98 Å². The molecule has 0 bridgehead atoms. The van der Waals surface area contributed by atoms with E-state index in [9.17, 15) is 4.79 Å². The van der Waals surface area contributed by atoms with E-state index < -0.39 is 5.97 Å². The summed E-state index contributed by atoms with van der Waals surface area (Å²) < 4.78 is 0. The van der Waals surface area contributed by atoms with Crippen LogP contribution in [0.15, 0.2) is 48.3 Å². The molecule has 0 saturated carbocycles. The molecule has 0 fully saturated rings. The molecule has 0 aliphatic rings. The molecule has 4 heteroatoms. The SMILES string of the molecule is C/C(=C\c1ccc(Cc2cccnc2)c(C)c1)C(=O)O.Cl. The molecule has 3 nitrogen and oxygen atoms in total. The molecule has 0 unspecified atom stereocenters. The number of aromatic nitrogens is 1. The van der Waals surface area contributed by atoms with Crippen LogP contribution < -0.4 is 0 Å². The Balaban J connectivity index is 0.00000220. The number of aryl methyl sites for hydroxylation is 1. The van der Waals surface area contributed by atoms with Crippen molar-refractivity contribution in [1.29, 1.82) is 0 Å². The van der Waals surface area contributed by atoms with E-state index in [-0.39, 0.29) is 12.4 Å². The van der Waals surface area contributed by atoms with E-state index in [1.54, 1.807) is 19.2 Å². The van der Waals surface area contributed by atoms with Gasteiger partial charge in [-0.1, -0.05) is 24.3 Å². The van der Waals surface area contributed by atoms with Gasteiger partial charge in [0, 0.05) is 18.0 Å². The van der Waals surface area contributed by atoms with Crippen LogP contribution in [0.1, 0.15) is 29.2 Å². The Labute approximate surface area is 130 Å². The summed E-state index contributed by atoms with van der Waals surface area (Å²) in [6.07, 6.45) is 6.14. The highest BCUT2D eigenvalue weighted by Crippen LogP contribution is 2.17. The number of pyridine rings is 1. The maximum atomic E-state index is 10.8. The van der Waals surface area contributed by atoms with Gasteiger partial charge in [0.05, 0.1) is 0 Å². The summed E-state index contributed by atoms with van der Waals surface area (Å²) in [5.74, 6) is -0.887. The van der Waals surface area contributed by atoms with Crippen molar-refractivity contribution in [1.82, 2.24) is 4.98 Å². The molecule has 0 aliphatic carbocycles. The number of rotatable bonds is 4. The quantitative estimate of drug-likeness (QED) is 0.872. The minimum Gasteiger partial charge on any atom is -0.478 e. The van der Waals surface area contributed by atoms with E-state index in [4.69, 9.17) is 5.11 Å². The number of hydrogen-bond donors (Lipinski definition) is 1. The maximum Gasteiger partial charge on any atom is 0.331 e. The van der Waals surface area contributed by atoms with E-state index in [0.29, 0.717) is 5.57 Å². The largest absolute Gasteiger partial charge is 0.478 e. The zero-order chi connectivity index (χ0) is 14.5. The monoisotopic (exact) mass is 303 g/mol. The zero-order valence-corrected chi connectivity index (χ0v) is 12.9. The summed E-state index contributed by atoms with van der Waals surface area (Å²) in [7, 11) is 0. The number of benzene rings is 1. The summed E-state index contributed by atoms with van der Waals surface area (Å²) in [6.45, 7) is 3.64. The van der Waals surface area contributed by atoms with E-state index >= 15 is 0 Å². The highest BCUT2D eigenvalue weighted by atomic mass is 35.5. The average Bonchev–Trinajstić information content (AvgIpc) is 2.43. The van der Waals surface area contributed by atoms with Gasteiger partial charge < -0.3 is 5.11 Å². The predicted molar refractivity (Wildman–Crippen MR) is 86.8 cm³/mol. The third-order valence-electron chi connectivity index (χ3n) is 3.20. The van der Waals surface area contributed by atoms with Gasteiger partial charge in [-0.05, 0) is 54.7 Å². The lowest BCUT2D eigenvalue weighted by atomic mass is 9.99. The molecule has 0 atom stereocenters. The van der Waals surface area contributed by atoms with E-state index in [0.717, 1.165) is 17.5 Å². The first-order valence-corrected chi connectivity index (χ1v) is 6.46. The molecule has 0 saturated heterocycles. The maximum absolute atomic E-state index is 10.8. The average molecular weight is 304 g/mol. The predicted octanol–water partition coefficient (Wildman–Crippen LogP) is 3.89. The first-order chi connectivity index (χ1) is 9.56. The van der Waals surface area contributed by atoms with Crippen LogP contribution in [0.4, 0.5) is 0 Å². The number of carboxylic acids is 1. The fourth-order valence-electron chi connectivity index (χ4n) is 2.04. The lowest BCUT2D eigenvalue weighted by molar-refractivity contribution is -0.132. The third-order valence-corrected chi connectivity index (χ3v) is 3.20. The van der Waals surface area contributed by atoms with Crippen LogP contribution in [0.2, 0.25) is 0 Å². The molecule has 0 radical (unpaired) electrons. The van der Waals surface area contributed by atoms with Crippen LogP contribution in [-0.2, 0) is 11.2 Å². The molecule has 0 amide bonds. The molecular weight excluding hydrogens is 286 g/mol. The van der Waals surface area contributed by atoms with Crippen LogP contribution in [0.25, 0.3) is 6.08 Å². The van der Waals surface area contributed by atoms with Gasteiger partial charge in [-0.25, -0.2) is 4.79 Å². The Morgan fingerprint density at radius 2 is 2.10 bits per heavy atom. The van der Waals surface area contributed by atoms with Crippen molar-refractivity contribution in [3.63, 3.8) is 0 Å². The Morgan fingerprint density at radius 1 is 1.33 bits per heavy atom. The molecule has 21 heavy (non-hydrogen) atoms. The van der Waals surface area contributed by atoms with Crippen molar-refractivity contribution in [3.8, 4) is 0 Å². The second-order valence-electron chi connectivity index (χ2n) is 4.86. The Kier molecular flexibility index (Phi) is 6.12. The lowest BCUT2D eigenvalue weighted by Crippen LogP contribution is -1.96. The highest BCUT2D eigenvalue weighted by Gasteiger charge is 2.03. The van der Waals surface area contributed by atoms with E-state index in [1.807, 2.05) is 37.4 Å². The minimum absolute atomic E-state index is 0. The summed E-state index contributed by atoms with van der Waals surface area (Å²) in [4.78, 5) is 14.9. The second-order valence-corrected chi connectivity index (χ2v) is 4.86. The number of hydrogen-bond acceptors (Lipinski definition) is 2. The fraction of sp³-hybridized carbons (Fsp3) is 0.176. The summed E-state index contributed by atoms with van der Waals surface area (Å²) >= 11 is 0. The molecule has 0 spiro atoms. The number of aliphatic carboxylic acids is 1. The normalized spacial score (nSPS) is 10.9. The topological polar surface area (TPSA) is 50.2 Å². The zero-order valence-electron chi connectivity index (χ0n) is 12.0. The summed E-state index contributed by atoms with van der Waals surface area (Å²) in [5, 5.41) is 8.89. The van der Waals surface area contributed by atoms with Crippen LogP contribution in [-0.4, -0.2) is 16.1 Å². The van der Waals surface area contributed by atoms with Crippen LogP contribution >= 0.6 is 12.4 Å². The van der Waals surface area contributed by atoms with Gasteiger partial charge in [0.2, 0.25) is 0 Å². The summed E-state index contributed by atoms with van der Waals surface area (Å²) in [5.41, 5.74) is 4.80. The molecule has 1 aromatic carbocycles. The number of carboxylic acid groups (broad SMARTS) is 1. The van der Waals surface area contributed by atoms with Crippen LogP contribution in [0.5, 0.6) is 0 Å². The molecule has 0 aliphatic heterocycles. The van der Waals surface area contributed by atoms with Crippen molar-refractivity contribution in [2.45, 2.75) is 20.3 Å². The van der Waals surface area contributed by atoms with E-state index in [2.05, 4.69) is 11.1 Å². The number of carbonyl (C=O) groups is 1. The second kappa shape index (κ2) is 7.60. The van der Waals surface area contributed by atoms with Gasteiger partial charge in [0.15, 0.2) is 0 Å². The lowest BCUT2D eigenvalue weighted by Gasteiger charge is -2.07. The molecule has 2 aromatic rings. The van der Waals surface area contributed by atoms with Crippen molar-refractivity contribution in [2.75, 3.05) is 0 Å². The molecule has 1 N–H and O–H groups in total. The van der Waals surface area contributed by atoms with E-state index in [1.165, 1.54) is 11.1 Å². The highest BCUT2D eigenvalue weighted by molar-refractivity contribution is 5.91. The van der Waals surface area contributed by atoms with Crippen molar-refractivity contribution < 1.29 is 9.90 Å². The molecule has 2 rings (SSSR count). The van der Waals surface area contributed by atoms with Gasteiger partial charge in [0.1, 0.15) is 0 Å². The number of nitrogens with zero attached hydrogens (tertiary/aromatic N) is 1. The molecule has 1 aromatic heterocycles. The standard InChI is InChI=1S/C17H17NO2.ClH/c1-12-8-14(9-13(2)17(19)20)5-6-16(12)10-15-4-3-7-18-11-15;/h3-9,11H,10H2,1-2H3,(H,19,20);1H/b13-9+;. The van der Waals surface area contributed by atoms with Crippen molar-refractivity contribution in [2.24, 2.45) is 0 Å². The molecular formula is C17H18ClNO2. The van der Waals surface area contributed by atoms with Gasteiger partial charge in [-0.2, -0.15) is 0 Å². The molecule has 1 heterocycles. The third kappa shape index (κ3) is 4.72. The smallest absolute Gasteiger partial charge is 0.331 e. The molecule has 110 valence electrons. The van der Waals surface area contributed by atoms with Crippen LogP contribution in [0, 0.1) is 6.92 Å². The van der Waals surface area contributed by atoms with Gasteiger partial charge >= 0.3 is 5.97 Å². The van der Waals surface area contributed by atoms with Crippen molar-refractivity contribution >= 4 is 24.5 Å². The minimum atomic E-state index is -0.887. The first-order valence-electron chi connectivity index (χ1n) is 6.46. The summed E-state index contributed by atoms with van der Waals surface area (Å²) in [6, 6.07) is 9.99. The van der Waals surface area contributed by atoms with Gasteiger partial charge in [-0.15, -0.1) is 12.4 Å². The Hall–Kier alpha value is -2.13. The fourth-order valence-corrected chi connectivity index (χ4v) is 2.04. The van der Waals surface area contributed by atoms with Crippen molar-refractivity contribution in [3.05, 3.63) is 70.6 Å². The number of halogens is 1.